The molecule has 0 spiro atoms. The number of carbonyl (C=O) groups is 3. The number of ketones is 1. The number of Topliss-reactive ketones (excluding diaryl/α,β-unsaturated/α-hetero) is 1. The molecular formula is C27H24FN3O5. The summed E-state index contributed by atoms with van der Waals surface area (Å²) in [6.07, 6.45) is -0.915. The number of nitrogens with two attached hydrogens (primary N) is 1. The van der Waals surface area contributed by atoms with Gasteiger partial charge in [0.1, 0.15) is 17.1 Å². The number of primary amides is 1. The minimum Gasteiger partial charge on any atom is -0.479 e. The molecule has 184 valence electrons. The molecule has 0 radical (unpaired) electrons. The normalized spacial score (nSPS) is 11.9. The highest BCUT2D eigenvalue weighted by atomic mass is 19.1. The lowest BCUT2D eigenvalue weighted by Crippen LogP contribution is -2.25. The zero-order chi connectivity index (χ0) is 26.1. The molecule has 4 rings (SSSR count). The lowest BCUT2D eigenvalue weighted by atomic mass is 9.95. The monoisotopic (exact) mass is 489 g/mol. The van der Waals surface area contributed by atoms with Crippen molar-refractivity contribution >= 4 is 23.2 Å². The van der Waals surface area contributed by atoms with Gasteiger partial charge in [0.25, 0.3) is 11.7 Å². The molecule has 0 fully saturated rings. The van der Waals surface area contributed by atoms with Gasteiger partial charge in [-0.05, 0) is 55.2 Å². The van der Waals surface area contributed by atoms with Gasteiger partial charge in [0, 0.05) is 12.5 Å². The van der Waals surface area contributed by atoms with Gasteiger partial charge in [0.15, 0.2) is 6.10 Å². The lowest BCUT2D eigenvalue weighted by molar-refractivity contribution is -0.144. The molecule has 1 atom stereocenters. The van der Waals surface area contributed by atoms with Gasteiger partial charge in [0.2, 0.25) is 0 Å². The van der Waals surface area contributed by atoms with Gasteiger partial charge in [-0.2, -0.15) is 5.10 Å². The van der Waals surface area contributed by atoms with Crippen LogP contribution >= 0.6 is 0 Å². The number of ether oxygens (including phenoxy) is 1. The summed E-state index contributed by atoms with van der Waals surface area (Å²) in [7, 11) is 0. The number of hydrogen-bond acceptors (Lipinski definition) is 5. The van der Waals surface area contributed by atoms with Crippen molar-refractivity contribution < 1.29 is 28.6 Å². The van der Waals surface area contributed by atoms with E-state index in [1.54, 1.807) is 26.0 Å². The summed E-state index contributed by atoms with van der Waals surface area (Å²) in [6, 6.07) is 15.2. The van der Waals surface area contributed by atoms with Gasteiger partial charge in [-0.3, -0.25) is 9.59 Å². The number of aryl methyl sites for hydroxylation is 1. The molecule has 0 aliphatic carbocycles. The van der Waals surface area contributed by atoms with E-state index in [2.05, 4.69) is 5.10 Å². The second-order valence-corrected chi connectivity index (χ2v) is 8.49. The van der Waals surface area contributed by atoms with Gasteiger partial charge in [-0.25, -0.2) is 13.7 Å². The first-order chi connectivity index (χ1) is 17.1. The number of rotatable bonds is 8. The van der Waals surface area contributed by atoms with Crippen LogP contribution in [0.15, 0.2) is 54.6 Å². The zero-order valence-corrected chi connectivity index (χ0v) is 19.9. The first-order valence-electron chi connectivity index (χ1n) is 11.2. The fourth-order valence-electron chi connectivity index (χ4n) is 4.21. The number of hydrogen-bond donors (Lipinski definition) is 2. The fraction of sp³-hybridized carbons (Fsp3) is 0.185. The Bertz CT molecular complexity index is 1510. The van der Waals surface area contributed by atoms with Crippen molar-refractivity contribution in [2.45, 2.75) is 33.3 Å². The Kier molecular flexibility index (Phi) is 6.57. The number of carboxylic acids is 1. The van der Waals surface area contributed by atoms with E-state index in [-0.39, 0.29) is 22.6 Å². The van der Waals surface area contributed by atoms with Gasteiger partial charge in [-0.1, -0.05) is 36.4 Å². The summed E-state index contributed by atoms with van der Waals surface area (Å²) in [6.45, 7) is 4.75. The Balaban J connectivity index is 1.95. The van der Waals surface area contributed by atoms with Crippen LogP contribution in [0.3, 0.4) is 0 Å². The molecule has 0 aliphatic heterocycles. The predicted molar refractivity (Wildman–Crippen MR) is 131 cm³/mol. The molecule has 1 amide bonds. The number of benzene rings is 2. The van der Waals surface area contributed by atoms with Crippen molar-refractivity contribution in [3.63, 3.8) is 0 Å². The molecule has 0 saturated carbocycles. The van der Waals surface area contributed by atoms with E-state index < -0.39 is 23.8 Å². The number of aromatic nitrogens is 2. The van der Waals surface area contributed by atoms with Crippen LogP contribution in [-0.2, 0) is 16.0 Å². The van der Waals surface area contributed by atoms with Crippen molar-refractivity contribution in [1.29, 1.82) is 0 Å². The van der Waals surface area contributed by atoms with Crippen LogP contribution in [0.5, 0.6) is 5.75 Å². The predicted octanol–water partition coefficient (Wildman–Crippen LogP) is 3.87. The summed E-state index contributed by atoms with van der Waals surface area (Å²) in [5.74, 6) is -3.52. The summed E-state index contributed by atoms with van der Waals surface area (Å²) < 4.78 is 20.7. The van der Waals surface area contributed by atoms with E-state index in [1.807, 2.05) is 24.3 Å². The van der Waals surface area contributed by atoms with Crippen LogP contribution in [0.2, 0.25) is 0 Å². The van der Waals surface area contributed by atoms with Gasteiger partial charge < -0.3 is 15.6 Å². The average molecular weight is 490 g/mol. The second-order valence-electron chi connectivity index (χ2n) is 8.49. The highest BCUT2D eigenvalue weighted by molar-refractivity contribution is 6.44. The molecule has 2 aromatic heterocycles. The molecule has 2 heterocycles. The first-order valence-corrected chi connectivity index (χ1v) is 11.2. The number of carbonyl (C=O) groups excluding carboxylic acids is 2. The van der Waals surface area contributed by atoms with Crippen molar-refractivity contribution in [1.82, 2.24) is 9.61 Å². The van der Waals surface area contributed by atoms with Crippen LogP contribution in [0.1, 0.15) is 39.8 Å². The quantitative estimate of drug-likeness (QED) is 0.286. The average Bonchev–Trinajstić information content (AvgIpc) is 3.10. The molecule has 4 aromatic rings. The van der Waals surface area contributed by atoms with Gasteiger partial charge >= 0.3 is 5.97 Å². The number of aliphatic carboxylic acids is 1. The molecule has 0 bridgehead atoms. The lowest BCUT2D eigenvalue weighted by Gasteiger charge is -2.14. The third kappa shape index (κ3) is 4.55. The van der Waals surface area contributed by atoms with Crippen molar-refractivity contribution in [2.75, 3.05) is 0 Å². The Hall–Kier alpha value is -4.53. The molecule has 1 unspecified atom stereocenters. The number of carboxylic acid groups (broad SMARTS) is 1. The molecule has 8 nitrogen and oxygen atoms in total. The highest BCUT2D eigenvalue weighted by Gasteiger charge is 2.29. The number of amides is 1. The molecule has 9 heteroatoms. The highest BCUT2D eigenvalue weighted by Crippen LogP contribution is 2.34. The van der Waals surface area contributed by atoms with E-state index in [9.17, 15) is 23.9 Å². The summed E-state index contributed by atoms with van der Waals surface area (Å²) in [4.78, 5) is 36.3. The van der Waals surface area contributed by atoms with Crippen LogP contribution in [0, 0.1) is 19.7 Å². The summed E-state index contributed by atoms with van der Waals surface area (Å²) in [5, 5.41) is 13.9. The van der Waals surface area contributed by atoms with E-state index in [0.717, 1.165) is 16.7 Å². The minimum atomic E-state index is -1.22. The van der Waals surface area contributed by atoms with E-state index in [4.69, 9.17) is 10.5 Å². The Morgan fingerprint density at radius 3 is 2.42 bits per heavy atom. The minimum absolute atomic E-state index is 0.0110. The topological polar surface area (TPSA) is 124 Å². The molecule has 36 heavy (non-hydrogen) atoms. The Morgan fingerprint density at radius 2 is 1.78 bits per heavy atom. The van der Waals surface area contributed by atoms with Gasteiger partial charge in [0.05, 0.1) is 17.0 Å². The number of nitrogens with zero attached hydrogens (tertiary/aromatic N) is 2. The zero-order valence-electron chi connectivity index (χ0n) is 19.9. The number of fused-ring (bicyclic) bond motifs is 1. The maximum atomic E-state index is 13.5. The largest absolute Gasteiger partial charge is 0.479 e. The molecular weight excluding hydrogens is 465 g/mol. The molecule has 3 N–H and O–H groups in total. The maximum absolute atomic E-state index is 13.5. The van der Waals surface area contributed by atoms with Crippen molar-refractivity contribution in [3.05, 3.63) is 88.5 Å². The Morgan fingerprint density at radius 1 is 1.11 bits per heavy atom. The van der Waals surface area contributed by atoms with Crippen LogP contribution in [0.25, 0.3) is 16.6 Å². The maximum Gasteiger partial charge on any atom is 0.344 e. The third-order valence-electron chi connectivity index (χ3n) is 5.98. The SMILES string of the molecule is Cc1cc(OC(C)C(=O)O)c2c(C(=O)C(N)=O)c(C)c(Cc3ccccc3-c3ccc(F)cc3)n2n1. The molecule has 0 saturated heterocycles. The van der Waals surface area contributed by atoms with Crippen molar-refractivity contribution in [3.8, 4) is 16.9 Å². The van der Waals surface area contributed by atoms with E-state index in [0.29, 0.717) is 23.4 Å². The summed E-state index contributed by atoms with van der Waals surface area (Å²) in [5.41, 5.74) is 9.65. The van der Waals surface area contributed by atoms with Crippen molar-refractivity contribution in [2.24, 2.45) is 5.73 Å². The first kappa shape index (κ1) is 24.6. The number of halogens is 1. The van der Waals surface area contributed by atoms with Crippen LogP contribution in [-0.4, -0.2) is 38.5 Å². The van der Waals surface area contributed by atoms with Crippen LogP contribution in [0.4, 0.5) is 4.39 Å². The fourth-order valence-corrected chi connectivity index (χ4v) is 4.21. The van der Waals surface area contributed by atoms with E-state index >= 15 is 0 Å². The molecule has 0 aliphatic rings. The second kappa shape index (κ2) is 9.61. The standard InChI is InChI=1S/C27H24FN3O5/c1-14-12-22(36-16(3)27(34)35)24-23(25(32)26(29)33)15(2)21(31(24)30-14)13-18-6-4-5-7-20(18)17-8-10-19(28)11-9-17/h4-12,16H,13H2,1-3H3,(H2,29,33)(H,34,35). The Labute approximate surface area is 206 Å². The van der Waals surface area contributed by atoms with Gasteiger partial charge in [-0.15, -0.1) is 0 Å². The van der Waals surface area contributed by atoms with E-state index in [1.165, 1.54) is 29.6 Å². The smallest absolute Gasteiger partial charge is 0.344 e. The molecule has 2 aromatic carbocycles. The van der Waals surface area contributed by atoms with Crippen LogP contribution < -0.4 is 10.5 Å². The summed E-state index contributed by atoms with van der Waals surface area (Å²) >= 11 is 0. The third-order valence-corrected chi connectivity index (χ3v) is 5.98.